The molecule has 8 heteroatoms. The van der Waals surface area contributed by atoms with Crippen molar-refractivity contribution in [1.29, 1.82) is 0 Å². The van der Waals surface area contributed by atoms with E-state index in [1.54, 1.807) is 20.8 Å². The van der Waals surface area contributed by atoms with Crippen LogP contribution in [0.25, 0.3) is 0 Å². The predicted octanol–water partition coefficient (Wildman–Crippen LogP) is 2.47. The third kappa shape index (κ3) is 4.80. The summed E-state index contributed by atoms with van der Waals surface area (Å²) in [6.45, 7) is 5.16. The van der Waals surface area contributed by atoms with Gasteiger partial charge in [-0.3, -0.25) is 4.79 Å². The Morgan fingerprint density at radius 2 is 1.88 bits per heavy atom. The molecule has 1 aliphatic rings. The van der Waals surface area contributed by atoms with Gasteiger partial charge in [0.1, 0.15) is 23.0 Å². The fourth-order valence-electron chi connectivity index (χ4n) is 2.73. The highest BCUT2D eigenvalue weighted by molar-refractivity contribution is 5.79. The third-order valence-electron chi connectivity index (χ3n) is 3.77. The quantitative estimate of drug-likeness (QED) is 0.872. The van der Waals surface area contributed by atoms with Crippen LogP contribution in [0.3, 0.4) is 0 Å². The number of piperidine rings is 1. The number of ether oxygens (including phenoxy) is 2. The first kappa shape index (κ1) is 19.0. The average molecular weight is 356 g/mol. The molecule has 2 amide bonds. The van der Waals surface area contributed by atoms with Gasteiger partial charge in [-0.2, -0.15) is 0 Å². The Morgan fingerprint density at radius 1 is 1.28 bits per heavy atom. The molecule has 0 radical (unpaired) electrons. The second-order valence-electron chi connectivity index (χ2n) is 6.87. The molecule has 0 spiro atoms. The Hall–Kier alpha value is -2.38. The molecule has 1 aliphatic heterocycles. The molecular weight excluding hydrogens is 334 g/mol. The predicted molar refractivity (Wildman–Crippen MR) is 86.4 cm³/mol. The van der Waals surface area contributed by atoms with E-state index in [4.69, 9.17) is 9.47 Å². The molecule has 2 N–H and O–H groups in total. The van der Waals surface area contributed by atoms with Crippen LogP contribution in [0.2, 0.25) is 0 Å². The van der Waals surface area contributed by atoms with E-state index in [1.807, 2.05) is 0 Å². The minimum Gasteiger partial charge on any atom is -0.497 e. The lowest BCUT2D eigenvalue weighted by Gasteiger charge is -2.33. The molecule has 25 heavy (non-hydrogen) atoms. The summed E-state index contributed by atoms with van der Waals surface area (Å²) in [6, 6.07) is 1.40. The van der Waals surface area contributed by atoms with Gasteiger partial charge in [-0.1, -0.05) is 0 Å². The van der Waals surface area contributed by atoms with E-state index in [-0.39, 0.29) is 30.2 Å². The van der Waals surface area contributed by atoms with E-state index in [0.29, 0.717) is 0 Å². The molecule has 1 heterocycles. The van der Waals surface area contributed by atoms with Crippen LogP contribution in [-0.2, 0) is 9.53 Å². The molecular formula is C17H22F2N2O4. The van der Waals surface area contributed by atoms with Crippen LogP contribution < -0.4 is 15.4 Å². The maximum absolute atomic E-state index is 14.4. The Balaban J connectivity index is 2.28. The van der Waals surface area contributed by atoms with E-state index in [9.17, 15) is 18.4 Å². The molecule has 2 atom stereocenters. The Labute approximate surface area is 144 Å². The van der Waals surface area contributed by atoms with Gasteiger partial charge in [-0.05, 0) is 20.8 Å². The highest BCUT2D eigenvalue weighted by Gasteiger charge is 2.36. The number of halogens is 2. The number of benzene rings is 1. The lowest BCUT2D eigenvalue weighted by atomic mass is 9.85. The molecule has 1 aromatic rings. The smallest absolute Gasteiger partial charge is 0.407 e. The van der Waals surface area contributed by atoms with Crippen molar-refractivity contribution in [3.8, 4) is 5.75 Å². The minimum absolute atomic E-state index is 0.0377. The summed E-state index contributed by atoms with van der Waals surface area (Å²) in [5, 5.41) is 5.17. The first-order valence-corrected chi connectivity index (χ1v) is 7.90. The standard InChI is InChI=1S/C17H22F2N2O4/c1-17(2,3)25-16(23)21-13-8-20-14(22)7-10(13)15-11(18)5-9(24-4)6-12(15)19/h5-6,10,13H,7-8H2,1-4H3,(H,20,22)(H,21,23)/t10?,13-/m0/s1. The fraction of sp³-hybridized carbons (Fsp3) is 0.529. The van der Waals surface area contributed by atoms with Gasteiger partial charge in [0.2, 0.25) is 5.91 Å². The Bertz CT molecular complexity index is 650. The summed E-state index contributed by atoms with van der Waals surface area (Å²) in [4.78, 5) is 23.7. The molecule has 1 fully saturated rings. The molecule has 0 bridgehead atoms. The van der Waals surface area contributed by atoms with Crippen molar-refractivity contribution < 1.29 is 27.8 Å². The normalized spacial score (nSPS) is 20.6. The van der Waals surface area contributed by atoms with E-state index in [1.165, 1.54) is 7.11 Å². The molecule has 2 rings (SSSR count). The molecule has 0 aromatic heterocycles. The van der Waals surface area contributed by atoms with Crippen LogP contribution in [0, 0.1) is 11.6 Å². The van der Waals surface area contributed by atoms with Gasteiger partial charge < -0.3 is 20.1 Å². The van der Waals surface area contributed by atoms with Gasteiger partial charge in [0.25, 0.3) is 0 Å². The second-order valence-corrected chi connectivity index (χ2v) is 6.87. The van der Waals surface area contributed by atoms with Gasteiger partial charge in [0, 0.05) is 36.6 Å². The summed E-state index contributed by atoms with van der Waals surface area (Å²) in [6.07, 6.45) is -0.867. The summed E-state index contributed by atoms with van der Waals surface area (Å²) < 4.78 is 38.8. The number of methoxy groups -OCH3 is 1. The largest absolute Gasteiger partial charge is 0.497 e. The number of amides is 2. The molecule has 1 aromatic carbocycles. The minimum atomic E-state index is -0.854. The van der Waals surface area contributed by atoms with Crippen LogP contribution in [0.15, 0.2) is 12.1 Å². The summed E-state index contributed by atoms with van der Waals surface area (Å²) in [7, 11) is 1.30. The number of carbonyl (C=O) groups is 2. The molecule has 0 saturated carbocycles. The zero-order valence-corrected chi connectivity index (χ0v) is 14.6. The summed E-state index contributed by atoms with van der Waals surface area (Å²) in [5.74, 6) is -2.82. The van der Waals surface area contributed by atoms with E-state index in [2.05, 4.69) is 10.6 Å². The van der Waals surface area contributed by atoms with Gasteiger partial charge in [-0.15, -0.1) is 0 Å². The first-order chi connectivity index (χ1) is 11.6. The van der Waals surface area contributed by atoms with Crippen molar-refractivity contribution in [2.75, 3.05) is 13.7 Å². The monoisotopic (exact) mass is 356 g/mol. The average Bonchev–Trinajstić information content (AvgIpc) is 2.47. The van der Waals surface area contributed by atoms with Gasteiger partial charge >= 0.3 is 6.09 Å². The van der Waals surface area contributed by atoms with Gasteiger partial charge in [-0.25, -0.2) is 13.6 Å². The van der Waals surface area contributed by atoms with E-state index in [0.717, 1.165) is 12.1 Å². The Morgan fingerprint density at radius 3 is 2.40 bits per heavy atom. The topological polar surface area (TPSA) is 76.7 Å². The molecule has 1 saturated heterocycles. The molecule has 1 unspecified atom stereocenters. The number of hydrogen-bond acceptors (Lipinski definition) is 4. The highest BCUT2D eigenvalue weighted by atomic mass is 19.1. The summed E-state index contributed by atoms with van der Waals surface area (Å²) >= 11 is 0. The van der Waals surface area contributed by atoms with Crippen LogP contribution in [0.5, 0.6) is 5.75 Å². The Kier molecular flexibility index (Phi) is 5.49. The first-order valence-electron chi connectivity index (χ1n) is 7.90. The van der Waals surface area contributed by atoms with Crippen molar-refractivity contribution >= 4 is 12.0 Å². The van der Waals surface area contributed by atoms with Crippen LogP contribution >= 0.6 is 0 Å². The maximum atomic E-state index is 14.4. The van der Waals surface area contributed by atoms with Crippen LogP contribution in [0.1, 0.15) is 38.7 Å². The van der Waals surface area contributed by atoms with Crippen LogP contribution in [-0.4, -0.2) is 37.3 Å². The van der Waals surface area contributed by atoms with E-state index >= 15 is 0 Å². The van der Waals surface area contributed by atoms with Crippen molar-refractivity contribution in [2.45, 2.75) is 44.8 Å². The van der Waals surface area contributed by atoms with Crippen LogP contribution in [0.4, 0.5) is 13.6 Å². The number of nitrogens with one attached hydrogen (secondary N) is 2. The number of hydrogen-bond donors (Lipinski definition) is 2. The SMILES string of the molecule is COc1cc(F)c(C2CC(=O)NC[C@@H]2NC(=O)OC(C)(C)C)c(F)c1. The lowest BCUT2D eigenvalue weighted by Crippen LogP contribution is -2.53. The lowest BCUT2D eigenvalue weighted by molar-refractivity contribution is -0.123. The highest BCUT2D eigenvalue weighted by Crippen LogP contribution is 2.33. The maximum Gasteiger partial charge on any atom is 0.407 e. The molecule has 0 aliphatic carbocycles. The van der Waals surface area contributed by atoms with Gasteiger partial charge in [0.15, 0.2) is 0 Å². The summed E-state index contributed by atoms with van der Waals surface area (Å²) in [5.41, 5.74) is -0.967. The van der Waals surface area contributed by atoms with Crippen molar-refractivity contribution in [1.82, 2.24) is 10.6 Å². The number of carbonyl (C=O) groups excluding carboxylic acids is 2. The van der Waals surface area contributed by atoms with E-state index < -0.39 is 35.3 Å². The van der Waals surface area contributed by atoms with Crippen molar-refractivity contribution in [3.05, 3.63) is 29.3 Å². The number of alkyl carbamates (subject to hydrolysis) is 1. The zero-order chi connectivity index (χ0) is 18.8. The number of rotatable bonds is 3. The second kappa shape index (κ2) is 7.25. The zero-order valence-electron chi connectivity index (χ0n) is 14.6. The van der Waals surface area contributed by atoms with Crippen molar-refractivity contribution in [2.24, 2.45) is 0 Å². The van der Waals surface area contributed by atoms with Gasteiger partial charge in [0.05, 0.1) is 13.2 Å². The third-order valence-corrected chi connectivity index (χ3v) is 3.77. The van der Waals surface area contributed by atoms with Crippen molar-refractivity contribution in [3.63, 3.8) is 0 Å². The molecule has 138 valence electrons. The fourth-order valence-corrected chi connectivity index (χ4v) is 2.73. The molecule has 6 nitrogen and oxygen atoms in total.